The largest absolute Gasteiger partial charge is 0.450 e. The van der Waals surface area contributed by atoms with Crippen LogP contribution in [-0.4, -0.2) is 51.0 Å². The average molecular weight is 312 g/mol. The predicted octanol–water partition coefficient (Wildman–Crippen LogP) is 1.79. The highest BCUT2D eigenvalue weighted by atomic mass is 19.4. The summed E-state index contributed by atoms with van der Waals surface area (Å²) in [7, 11) is 1.10. The molecular weight excluding hydrogens is 298 g/mol. The van der Waals surface area contributed by atoms with Gasteiger partial charge in [0.25, 0.3) is 5.66 Å². The third kappa shape index (κ3) is 4.40. The molecule has 120 valence electrons. The van der Waals surface area contributed by atoms with E-state index in [2.05, 4.69) is 9.47 Å². The predicted molar refractivity (Wildman–Crippen MR) is 54.9 cm³/mol. The van der Waals surface area contributed by atoms with Gasteiger partial charge in [-0.2, -0.15) is 26.3 Å². The van der Waals surface area contributed by atoms with Crippen LogP contribution in [0.3, 0.4) is 0 Å². The molecule has 0 spiro atoms. The van der Waals surface area contributed by atoms with Crippen LogP contribution in [0.25, 0.3) is 0 Å². The van der Waals surface area contributed by atoms with Crippen LogP contribution >= 0.6 is 0 Å². The lowest BCUT2D eigenvalue weighted by molar-refractivity contribution is -0.315. The first kappa shape index (κ1) is 18.8. The zero-order valence-electron chi connectivity index (χ0n) is 10.6. The van der Waals surface area contributed by atoms with Crippen molar-refractivity contribution in [1.82, 2.24) is 10.6 Å². The number of rotatable bonds is 6. The maximum Gasteiger partial charge on any atom is 0.434 e. The van der Waals surface area contributed by atoms with Gasteiger partial charge in [0.1, 0.15) is 0 Å². The molecule has 0 saturated heterocycles. The molecule has 0 fully saturated rings. The molecule has 0 saturated carbocycles. The second kappa shape index (κ2) is 6.97. The highest BCUT2D eigenvalue weighted by Gasteiger charge is 2.72. The van der Waals surface area contributed by atoms with Gasteiger partial charge in [0.05, 0.1) is 13.2 Å². The van der Waals surface area contributed by atoms with Gasteiger partial charge < -0.3 is 9.47 Å². The fraction of sp³-hybridized carbons (Fsp3) is 0.889. The Hall–Kier alpha value is -1.23. The quantitative estimate of drug-likeness (QED) is 0.446. The monoisotopic (exact) mass is 312 g/mol. The second-order valence-corrected chi connectivity index (χ2v) is 3.51. The van der Waals surface area contributed by atoms with E-state index in [9.17, 15) is 31.1 Å². The van der Waals surface area contributed by atoms with Crippen molar-refractivity contribution in [2.45, 2.75) is 24.9 Å². The molecule has 0 rings (SSSR count). The van der Waals surface area contributed by atoms with Gasteiger partial charge in [-0.25, -0.2) is 4.79 Å². The van der Waals surface area contributed by atoms with Crippen LogP contribution in [-0.2, 0) is 9.47 Å². The van der Waals surface area contributed by atoms with Crippen molar-refractivity contribution in [2.24, 2.45) is 0 Å². The Morgan fingerprint density at radius 1 is 1.10 bits per heavy atom. The summed E-state index contributed by atoms with van der Waals surface area (Å²) >= 11 is 0. The zero-order valence-corrected chi connectivity index (χ0v) is 10.6. The van der Waals surface area contributed by atoms with E-state index in [-0.39, 0.29) is 6.61 Å². The highest BCUT2D eigenvalue weighted by molar-refractivity contribution is 5.68. The minimum atomic E-state index is -5.83. The van der Waals surface area contributed by atoms with Crippen molar-refractivity contribution >= 4 is 6.09 Å². The maximum absolute atomic E-state index is 12.8. The summed E-state index contributed by atoms with van der Waals surface area (Å²) in [4.78, 5) is 11.0. The minimum absolute atomic E-state index is 0.379. The van der Waals surface area contributed by atoms with Gasteiger partial charge >= 0.3 is 18.4 Å². The van der Waals surface area contributed by atoms with Gasteiger partial charge in [-0.15, -0.1) is 0 Å². The zero-order chi connectivity index (χ0) is 16.0. The SMILES string of the molecule is CCOC(=O)NC(NCCOC)(C(F)(F)F)C(F)(F)F. The number of alkyl halides is 6. The van der Waals surface area contributed by atoms with E-state index in [1.165, 1.54) is 12.2 Å². The summed E-state index contributed by atoms with van der Waals surface area (Å²) < 4.78 is 85.3. The van der Waals surface area contributed by atoms with Crippen molar-refractivity contribution < 1.29 is 40.6 Å². The van der Waals surface area contributed by atoms with E-state index in [0.29, 0.717) is 0 Å². The van der Waals surface area contributed by atoms with Gasteiger partial charge in [-0.3, -0.25) is 10.6 Å². The van der Waals surface area contributed by atoms with Gasteiger partial charge in [-0.1, -0.05) is 0 Å². The molecule has 0 bridgehead atoms. The first-order valence-corrected chi connectivity index (χ1v) is 5.34. The summed E-state index contributed by atoms with van der Waals surface area (Å²) in [6.07, 6.45) is -13.5. The fourth-order valence-electron chi connectivity index (χ4n) is 1.21. The first-order chi connectivity index (χ1) is 9.02. The van der Waals surface area contributed by atoms with E-state index in [0.717, 1.165) is 12.4 Å². The molecule has 0 heterocycles. The number of nitrogens with one attached hydrogen (secondary N) is 2. The topological polar surface area (TPSA) is 59.6 Å². The van der Waals surface area contributed by atoms with Crippen molar-refractivity contribution in [1.29, 1.82) is 0 Å². The van der Waals surface area contributed by atoms with Crippen LogP contribution in [0.15, 0.2) is 0 Å². The Balaban J connectivity index is 5.40. The molecule has 20 heavy (non-hydrogen) atoms. The smallest absolute Gasteiger partial charge is 0.434 e. The number of hydrogen-bond donors (Lipinski definition) is 2. The lowest BCUT2D eigenvalue weighted by Crippen LogP contribution is -2.75. The highest BCUT2D eigenvalue weighted by Crippen LogP contribution is 2.41. The lowest BCUT2D eigenvalue weighted by Gasteiger charge is -2.37. The normalized spacial score (nSPS) is 13.2. The molecule has 0 aliphatic carbocycles. The molecule has 0 aromatic heterocycles. The lowest BCUT2D eigenvalue weighted by atomic mass is 10.1. The van der Waals surface area contributed by atoms with Gasteiger partial charge in [0.15, 0.2) is 0 Å². The van der Waals surface area contributed by atoms with E-state index < -0.39 is 37.3 Å². The molecule has 0 aromatic rings. The number of carbonyl (C=O) groups excluding carboxylic acids is 1. The Morgan fingerprint density at radius 3 is 1.95 bits per heavy atom. The van der Waals surface area contributed by atoms with Gasteiger partial charge in [-0.05, 0) is 6.92 Å². The number of alkyl carbamates (subject to hydrolysis) is 1. The number of ether oxygens (including phenoxy) is 2. The van der Waals surface area contributed by atoms with Gasteiger partial charge in [0, 0.05) is 13.7 Å². The second-order valence-electron chi connectivity index (χ2n) is 3.51. The molecule has 0 aliphatic heterocycles. The molecule has 0 aliphatic rings. The van der Waals surface area contributed by atoms with Crippen LogP contribution in [0, 0.1) is 0 Å². The number of amides is 1. The molecule has 0 atom stereocenters. The van der Waals surface area contributed by atoms with Gasteiger partial charge in [0.2, 0.25) is 0 Å². The summed E-state index contributed by atoms with van der Waals surface area (Å²) in [6, 6.07) is 0. The summed E-state index contributed by atoms with van der Waals surface area (Å²) in [5.74, 6) is 0. The fourth-order valence-corrected chi connectivity index (χ4v) is 1.21. The molecule has 11 heteroatoms. The molecular formula is C9H14F6N2O3. The third-order valence-corrected chi connectivity index (χ3v) is 2.11. The van der Waals surface area contributed by atoms with E-state index >= 15 is 0 Å². The van der Waals surface area contributed by atoms with Crippen LogP contribution in [0.5, 0.6) is 0 Å². The average Bonchev–Trinajstić information content (AvgIpc) is 2.25. The molecule has 2 N–H and O–H groups in total. The molecule has 5 nitrogen and oxygen atoms in total. The molecule has 0 unspecified atom stereocenters. The van der Waals surface area contributed by atoms with Crippen LogP contribution < -0.4 is 10.6 Å². The summed E-state index contributed by atoms with van der Waals surface area (Å²) in [5, 5.41) is 2.01. The number of carbonyl (C=O) groups is 1. The minimum Gasteiger partial charge on any atom is -0.450 e. The van der Waals surface area contributed by atoms with Crippen molar-refractivity contribution in [2.75, 3.05) is 26.9 Å². The molecule has 0 radical (unpaired) electrons. The Bertz CT molecular complexity index is 304. The van der Waals surface area contributed by atoms with Crippen molar-refractivity contribution in [3.63, 3.8) is 0 Å². The number of methoxy groups -OCH3 is 1. The standard InChI is InChI=1S/C9H14F6N2O3/c1-3-20-6(18)17-7(8(10,11)12,9(13,14)15)16-4-5-19-2/h16H,3-5H2,1-2H3,(H,17,18). The molecule has 0 aromatic carbocycles. The third-order valence-electron chi connectivity index (χ3n) is 2.11. The first-order valence-electron chi connectivity index (χ1n) is 5.34. The Labute approximate surface area is 110 Å². The summed E-state index contributed by atoms with van der Waals surface area (Å²) in [6.45, 7) is -0.350. The van der Waals surface area contributed by atoms with E-state index in [1.54, 1.807) is 0 Å². The van der Waals surface area contributed by atoms with E-state index in [1.807, 2.05) is 0 Å². The Kier molecular flexibility index (Phi) is 6.54. The number of hydrogen-bond acceptors (Lipinski definition) is 4. The summed E-state index contributed by atoms with van der Waals surface area (Å²) in [5.41, 5.74) is -4.61. The van der Waals surface area contributed by atoms with Crippen molar-refractivity contribution in [3.8, 4) is 0 Å². The van der Waals surface area contributed by atoms with E-state index in [4.69, 9.17) is 0 Å². The van der Waals surface area contributed by atoms with Crippen LogP contribution in [0.4, 0.5) is 31.1 Å². The molecule has 1 amide bonds. The Morgan fingerprint density at radius 2 is 1.60 bits per heavy atom. The van der Waals surface area contributed by atoms with Crippen molar-refractivity contribution in [3.05, 3.63) is 0 Å². The maximum atomic E-state index is 12.8. The van der Waals surface area contributed by atoms with Crippen LogP contribution in [0.1, 0.15) is 6.92 Å². The van der Waals surface area contributed by atoms with Crippen LogP contribution in [0.2, 0.25) is 0 Å². The number of halogens is 6.